The molecule has 0 aliphatic rings. The van der Waals surface area contributed by atoms with E-state index in [-0.39, 0.29) is 12.8 Å². The van der Waals surface area contributed by atoms with Crippen LogP contribution in [0.5, 0.6) is 0 Å². The highest BCUT2D eigenvalue weighted by Crippen LogP contribution is 2.06. The van der Waals surface area contributed by atoms with Crippen molar-refractivity contribution in [3.63, 3.8) is 0 Å². The second-order valence-electron chi connectivity index (χ2n) is 7.72. The van der Waals surface area contributed by atoms with Crippen LogP contribution in [0.2, 0.25) is 0 Å². The van der Waals surface area contributed by atoms with Crippen molar-refractivity contribution in [1.82, 2.24) is 16.0 Å². The lowest BCUT2D eigenvalue weighted by atomic mass is 10.1. The van der Waals surface area contributed by atoms with Crippen LogP contribution in [0.4, 0.5) is 0 Å². The first-order valence-corrected chi connectivity index (χ1v) is 12.3. The van der Waals surface area contributed by atoms with Gasteiger partial charge in [-0.1, -0.05) is 6.42 Å². The minimum Gasteiger partial charge on any atom is -0.481 e. The lowest BCUT2D eigenvalue weighted by Crippen LogP contribution is -2.57. The van der Waals surface area contributed by atoms with Crippen LogP contribution in [0.15, 0.2) is 0 Å². The first-order chi connectivity index (χ1) is 16.4. The topological polar surface area (TPSA) is 251 Å². The third-order valence-corrected chi connectivity index (χ3v) is 5.47. The average Bonchev–Trinajstić information content (AvgIpc) is 2.77. The fourth-order valence-electron chi connectivity index (χ4n) is 2.88. The van der Waals surface area contributed by atoms with Crippen LogP contribution in [0, 0.1) is 0 Å². The van der Waals surface area contributed by atoms with Crippen LogP contribution in [0.25, 0.3) is 0 Å². The van der Waals surface area contributed by atoms with E-state index in [4.69, 9.17) is 21.7 Å². The van der Waals surface area contributed by atoms with Crippen molar-refractivity contribution in [1.29, 1.82) is 0 Å². The fourth-order valence-corrected chi connectivity index (χ4v) is 3.35. The summed E-state index contributed by atoms with van der Waals surface area (Å²) in [6.07, 6.45) is 1.48. The van der Waals surface area contributed by atoms with Crippen LogP contribution in [-0.2, 0) is 28.8 Å². The third-order valence-electron chi connectivity index (χ3n) is 4.82. The molecule has 0 aliphatic carbocycles. The van der Waals surface area contributed by atoms with Crippen LogP contribution >= 0.6 is 11.8 Å². The molecule has 0 saturated carbocycles. The van der Waals surface area contributed by atoms with E-state index in [0.29, 0.717) is 25.1 Å². The number of unbranched alkanes of at least 4 members (excludes halogenated alkanes) is 1. The lowest BCUT2D eigenvalue weighted by Gasteiger charge is -2.24. The van der Waals surface area contributed by atoms with Gasteiger partial charge in [0.05, 0.1) is 12.5 Å². The molecule has 3 amide bonds. The maximum Gasteiger partial charge on any atom is 0.326 e. The number of carboxylic acids is 3. The van der Waals surface area contributed by atoms with E-state index in [2.05, 4.69) is 16.0 Å². The molecule has 0 aromatic carbocycles. The Kier molecular flexibility index (Phi) is 16.1. The van der Waals surface area contributed by atoms with Gasteiger partial charge in [0.25, 0.3) is 0 Å². The molecule has 35 heavy (non-hydrogen) atoms. The van der Waals surface area contributed by atoms with Crippen molar-refractivity contribution in [2.75, 3.05) is 18.6 Å². The van der Waals surface area contributed by atoms with Crippen LogP contribution in [-0.4, -0.2) is 93.7 Å². The number of hydrogen-bond acceptors (Lipinski definition) is 9. The van der Waals surface area contributed by atoms with Gasteiger partial charge in [0.15, 0.2) is 0 Å². The molecule has 0 aromatic rings. The van der Waals surface area contributed by atoms with Gasteiger partial charge in [-0.05, 0) is 44.2 Å². The Balaban J connectivity index is 5.48. The summed E-state index contributed by atoms with van der Waals surface area (Å²) in [6, 6.07) is -5.39. The van der Waals surface area contributed by atoms with E-state index in [1.165, 1.54) is 11.8 Å². The summed E-state index contributed by atoms with van der Waals surface area (Å²) in [5.74, 6) is -6.37. The van der Waals surface area contributed by atoms with Crippen LogP contribution in [0.3, 0.4) is 0 Å². The second-order valence-corrected chi connectivity index (χ2v) is 8.71. The fraction of sp³-hybridized carbons (Fsp3) is 0.700. The van der Waals surface area contributed by atoms with Crippen molar-refractivity contribution in [3.05, 3.63) is 0 Å². The molecule has 0 radical (unpaired) electrons. The molecule has 4 atom stereocenters. The number of rotatable bonds is 19. The third kappa shape index (κ3) is 14.2. The first kappa shape index (κ1) is 32.1. The SMILES string of the molecule is CSCCC(NC(=O)C(CCC(=O)O)NC(=O)C(CC(=O)O)NC(=O)C(N)CCCCN)C(=O)O. The van der Waals surface area contributed by atoms with E-state index < -0.39 is 79.1 Å². The molecule has 200 valence electrons. The van der Waals surface area contributed by atoms with E-state index >= 15 is 0 Å². The number of nitrogens with one attached hydrogen (secondary N) is 3. The summed E-state index contributed by atoms with van der Waals surface area (Å²) >= 11 is 1.36. The van der Waals surface area contributed by atoms with Crippen molar-refractivity contribution in [2.24, 2.45) is 11.5 Å². The van der Waals surface area contributed by atoms with Crippen molar-refractivity contribution in [3.8, 4) is 0 Å². The maximum atomic E-state index is 12.8. The summed E-state index contributed by atoms with van der Waals surface area (Å²) in [5, 5.41) is 34.1. The maximum absolute atomic E-state index is 12.8. The second kappa shape index (κ2) is 17.5. The van der Waals surface area contributed by atoms with Gasteiger partial charge < -0.3 is 42.7 Å². The highest BCUT2D eigenvalue weighted by molar-refractivity contribution is 7.98. The Hall–Kier alpha value is -2.91. The number of thioether (sulfide) groups is 1. The predicted molar refractivity (Wildman–Crippen MR) is 126 cm³/mol. The molecule has 15 heteroatoms. The zero-order valence-corrected chi connectivity index (χ0v) is 20.3. The molecule has 14 nitrogen and oxygen atoms in total. The van der Waals surface area contributed by atoms with E-state index in [9.17, 15) is 33.9 Å². The average molecular weight is 522 g/mol. The van der Waals surface area contributed by atoms with E-state index in [1.807, 2.05) is 0 Å². The van der Waals surface area contributed by atoms with Gasteiger partial charge in [-0.3, -0.25) is 24.0 Å². The molecule has 0 spiro atoms. The zero-order chi connectivity index (χ0) is 27.0. The monoisotopic (exact) mass is 521 g/mol. The number of nitrogens with two attached hydrogens (primary N) is 2. The number of carbonyl (C=O) groups is 6. The van der Waals surface area contributed by atoms with Gasteiger partial charge in [0.1, 0.15) is 18.1 Å². The standard InChI is InChI=1S/C20H35N5O9S/c1-35-9-7-13(20(33)34)24-18(31)12(5-6-15(26)27)23-19(32)14(10-16(28)29)25-17(30)11(22)4-2-3-8-21/h11-14H,2-10,21-22H2,1H3,(H,23,32)(H,24,31)(H,25,30)(H,26,27)(H,28,29)(H,33,34). The molecule has 0 bridgehead atoms. The minimum atomic E-state index is -1.60. The molecule has 0 fully saturated rings. The highest BCUT2D eigenvalue weighted by atomic mass is 32.2. The molecule has 0 rings (SSSR count). The van der Waals surface area contributed by atoms with Crippen molar-refractivity contribution < 1.29 is 44.1 Å². The molecule has 0 aromatic heterocycles. The molecule has 10 N–H and O–H groups in total. The van der Waals surface area contributed by atoms with Crippen LogP contribution in [0.1, 0.15) is 44.9 Å². The lowest BCUT2D eigenvalue weighted by molar-refractivity contribution is -0.143. The molecular weight excluding hydrogens is 486 g/mol. The zero-order valence-electron chi connectivity index (χ0n) is 19.5. The Labute approximate surface area is 206 Å². The van der Waals surface area contributed by atoms with Gasteiger partial charge in [-0.2, -0.15) is 11.8 Å². The quantitative estimate of drug-likeness (QED) is 0.0865. The van der Waals surface area contributed by atoms with Crippen molar-refractivity contribution >= 4 is 47.4 Å². The summed E-state index contributed by atoms with van der Waals surface area (Å²) in [4.78, 5) is 71.4. The number of aliphatic carboxylic acids is 3. The Morgan fingerprint density at radius 2 is 1.34 bits per heavy atom. The van der Waals surface area contributed by atoms with Gasteiger partial charge in [0.2, 0.25) is 17.7 Å². The highest BCUT2D eigenvalue weighted by Gasteiger charge is 2.31. The summed E-state index contributed by atoms with van der Waals surface area (Å²) in [5.41, 5.74) is 11.2. The van der Waals surface area contributed by atoms with Crippen LogP contribution < -0.4 is 27.4 Å². The minimum absolute atomic E-state index is 0.0849. The molecule has 4 unspecified atom stereocenters. The molecular formula is C20H35N5O9S. The number of carboxylic acid groups (broad SMARTS) is 3. The Morgan fingerprint density at radius 1 is 0.771 bits per heavy atom. The van der Waals surface area contributed by atoms with E-state index in [1.54, 1.807) is 6.26 Å². The largest absolute Gasteiger partial charge is 0.481 e. The smallest absolute Gasteiger partial charge is 0.326 e. The van der Waals surface area contributed by atoms with Crippen molar-refractivity contribution in [2.45, 2.75) is 69.1 Å². The summed E-state index contributed by atoms with van der Waals surface area (Å²) in [6.45, 7) is 0.401. The normalized spacial score (nSPS) is 14.1. The van der Waals surface area contributed by atoms with E-state index in [0.717, 1.165) is 0 Å². The summed E-state index contributed by atoms with van der Waals surface area (Å²) in [7, 11) is 0. The number of carbonyl (C=O) groups excluding carboxylic acids is 3. The predicted octanol–water partition coefficient (Wildman–Crippen LogP) is -1.93. The molecule has 0 aliphatic heterocycles. The number of amides is 3. The molecule has 0 saturated heterocycles. The molecule has 0 heterocycles. The van der Waals surface area contributed by atoms with Gasteiger partial charge in [0, 0.05) is 6.42 Å². The van der Waals surface area contributed by atoms with Gasteiger partial charge in [-0.25, -0.2) is 4.79 Å². The first-order valence-electron chi connectivity index (χ1n) is 10.9. The van der Waals surface area contributed by atoms with Gasteiger partial charge >= 0.3 is 17.9 Å². The Morgan fingerprint density at radius 3 is 1.86 bits per heavy atom. The van der Waals surface area contributed by atoms with Gasteiger partial charge in [-0.15, -0.1) is 0 Å². The summed E-state index contributed by atoms with van der Waals surface area (Å²) < 4.78 is 0. The number of hydrogen-bond donors (Lipinski definition) is 8. The Bertz CT molecular complexity index is 752.